The highest BCUT2D eigenvalue weighted by molar-refractivity contribution is 7.80. The number of non-ortho nitro benzene ring substituents is 1. The van der Waals surface area contributed by atoms with Crippen LogP contribution in [0.2, 0.25) is 0 Å². The van der Waals surface area contributed by atoms with Crippen LogP contribution in [0, 0.1) is 10.1 Å². The van der Waals surface area contributed by atoms with E-state index >= 15 is 0 Å². The van der Waals surface area contributed by atoms with E-state index in [4.69, 9.17) is 16.6 Å². The van der Waals surface area contributed by atoms with Gasteiger partial charge in [-0.15, -0.1) is 0 Å². The molecule has 2 heterocycles. The van der Waals surface area contributed by atoms with E-state index in [1.54, 1.807) is 18.2 Å². The van der Waals surface area contributed by atoms with E-state index in [0.717, 1.165) is 18.8 Å². The molecule has 0 aliphatic carbocycles. The zero-order valence-corrected chi connectivity index (χ0v) is 17.4. The molecule has 0 unspecified atom stereocenters. The first-order chi connectivity index (χ1) is 15.0. The van der Waals surface area contributed by atoms with Crippen LogP contribution < -0.4 is 15.5 Å². The van der Waals surface area contributed by atoms with E-state index in [0.29, 0.717) is 11.3 Å². The largest absolute Gasteiger partial charge is 0.451 e. The third-order valence-electron chi connectivity index (χ3n) is 4.99. The summed E-state index contributed by atoms with van der Waals surface area (Å²) in [6.45, 7) is 2.14. The van der Waals surface area contributed by atoms with E-state index in [-0.39, 0.29) is 16.6 Å². The Labute approximate surface area is 184 Å². The fraction of sp³-hybridized carbons (Fsp3) is 0.182. The van der Waals surface area contributed by atoms with Crippen molar-refractivity contribution in [3.8, 4) is 11.3 Å². The summed E-state index contributed by atoms with van der Waals surface area (Å²) in [5.74, 6) is -0.108. The number of benzene rings is 2. The summed E-state index contributed by atoms with van der Waals surface area (Å²) in [6.07, 6.45) is 2.43. The lowest BCUT2D eigenvalue weighted by Gasteiger charge is -2.18. The number of thiocarbonyl (C=S) groups is 1. The van der Waals surface area contributed by atoms with Crippen molar-refractivity contribution in [2.45, 2.75) is 12.8 Å². The zero-order chi connectivity index (χ0) is 21.8. The van der Waals surface area contributed by atoms with Gasteiger partial charge in [-0.2, -0.15) is 0 Å². The number of hydrogen-bond acceptors (Lipinski definition) is 6. The number of nitro benzene ring substituents is 1. The predicted molar refractivity (Wildman–Crippen MR) is 122 cm³/mol. The molecule has 9 heteroatoms. The number of nitro groups is 1. The van der Waals surface area contributed by atoms with Crippen molar-refractivity contribution in [2.24, 2.45) is 0 Å². The lowest BCUT2D eigenvalue weighted by Crippen LogP contribution is -2.33. The summed E-state index contributed by atoms with van der Waals surface area (Å²) in [5, 5.41) is 16.6. The Kier molecular flexibility index (Phi) is 5.94. The third kappa shape index (κ3) is 4.89. The van der Waals surface area contributed by atoms with Crippen LogP contribution in [-0.2, 0) is 0 Å². The second-order valence-corrected chi connectivity index (χ2v) is 7.53. The van der Waals surface area contributed by atoms with Crippen LogP contribution in [0.4, 0.5) is 17.1 Å². The van der Waals surface area contributed by atoms with Crippen LogP contribution in [0.1, 0.15) is 23.4 Å². The normalized spacial score (nSPS) is 13.1. The number of nitrogens with zero attached hydrogens (tertiary/aromatic N) is 2. The zero-order valence-electron chi connectivity index (χ0n) is 16.5. The van der Waals surface area contributed by atoms with Crippen molar-refractivity contribution in [1.29, 1.82) is 0 Å². The first-order valence-corrected chi connectivity index (χ1v) is 10.2. The maximum atomic E-state index is 12.4. The molecule has 2 aromatic carbocycles. The molecule has 1 aromatic heterocycles. The van der Waals surface area contributed by atoms with Crippen molar-refractivity contribution in [1.82, 2.24) is 5.32 Å². The average molecular weight is 436 g/mol. The maximum Gasteiger partial charge on any atom is 0.293 e. The number of amides is 1. The topological polar surface area (TPSA) is 101 Å². The summed E-state index contributed by atoms with van der Waals surface area (Å²) in [7, 11) is 0. The number of carbonyl (C=O) groups excluding carboxylic acids is 1. The second kappa shape index (κ2) is 8.97. The lowest BCUT2D eigenvalue weighted by atomic mass is 10.1. The maximum absolute atomic E-state index is 12.4. The van der Waals surface area contributed by atoms with Gasteiger partial charge < -0.3 is 14.6 Å². The molecule has 1 aliphatic heterocycles. The molecule has 8 nitrogen and oxygen atoms in total. The molecule has 158 valence electrons. The van der Waals surface area contributed by atoms with Gasteiger partial charge in [0.1, 0.15) is 5.76 Å². The van der Waals surface area contributed by atoms with Crippen molar-refractivity contribution < 1.29 is 14.1 Å². The molecule has 3 aromatic rings. The Morgan fingerprint density at radius 1 is 1.06 bits per heavy atom. The van der Waals surface area contributed by atoms with Crippen molar-refractivity contribution in [3.05, 3.63) is 76.5 Å². The highest BCUT2D eigenvalue weighted by Gasteiger charge is 2.16. The van der Waals surface area contributed by atoms with Crippen LogP contribution in [0.5, 0.6) is 0 Å². The number of carbonyl (C=O) groups is 1. The van der Waals surface area contributed by atoms with Crippen molar-refractivity contribution >= 4 is 40.3 Å². The summed E-state index contributed by atoms with van der Waals surface area (Å²) in [6, 6.07) is 17.0. The monoisotopic (exact) mass is 436 g/mol. The van der Waals surface area contributed by atoms with E-state index in [1.165, 1.54) is 36.7 Å². The van der Waals surface area contributed by atoms with E-state index < -0.39 is 10.8 Å². The smallest absolute Gasteiger partial charge is 0.293 e. The second-order valence-electron chi connectivity index (χ2n) is 7.12. The molecule has 1 fully saturated rings. The molecule has 1 aliphatic rings. The Hall–Kier alpha value is -3.72. The highest BCUT2D eigenvalue weighted by atomic mass is 32.1. The van der Waals surface area contributed by atoms with Gasteiger partial charge in [0, 0.05) is 42.2 Å². The van der Waals surface area contributed by atoms with Crippen LogP contribution in [-0.4, -0.2) is 29.0 Å². The van der Waals surface area contributed by atoms with Gasteiger partial charge in [-0.3, -0.25) is 20.2 Å². The quantitative estimate of drug-likeness (QED) is 0.343. The minimum Gasteiger partial charge on any atom is -0.451 e. The van der Waals surface area contributed by atoms with Crippen LogP contribution >= 0.6 is 12.2 Å². The molecule has 0 atom stereocenters. The van der Waals surface area contributed by atoms with Crippen LogP contribution in [0.3, 0.4) is 0 Å². The highest BCUT2D eigenvalue weighted by Crippen LogP contribution is 2.26. The SMILES string of the molecule is O=C(NC(=S)Nc1ccc(N2CCCC2)cc1)c1ccc(-c2cccc([N+](=O)[O-])c2)o1. The molecule has 0 bridgehead atoms. The van der Waals surface area contributed by atoms with Gasteiger partial charge >= 0.3 is 0 Å². The fourth-order valence-electron chi connectivity index (χ4n) is 3.45. The molecule has 4 rings (SSSR count). The molecule has 0 spiro atoms. The third-order valence-corrected chi connectivity index (χ3v) is 5.20. The van der Waals surface area contributed by atoms with Crippen LogP contribution in [0.25, 0.3) is 11.3 Å². The molecule has 2 N–H and O–H groups in total. The number of rotatable bonds is 5. The standard InChI is InChI=1S/C22H20N4O4S/c27-21(20-11-10-19(30-20)15-4-3-5-18(14-15)26(28)29)24-22(31)23-16-6-8-17(9-7-16)25-12-1-2-13-25/h3-11,14H,1-2,12-13H2,(H2,23,24,27,31). The van der Waals surface area contributed by atoms with Gasteiger partial charge in [-0.1, -0.05) is 12.1 Å². The summed E-state index contributed by atoms with van der Waals surface area (Å²) >= 11 is 5.23. The van der Waals surface area contributed by atoms with Crippen LogP contribution in [0.15, 0.2) is 65.1 Å². The van der Waals surface area contributed by atoms with Gasteiger partial charge in [0.05, 0.1) is 4.92 Å². The first kappa shape index (κ1) is 20.5. The molecule has 31 heavy (non-hydrogen) atoms. The number of nitrogens with one attached hydrogen (secondary N) is 2. The summed E-state index contributed by atoms with van der Waals surface area (Å²) in [5.41, 5.74) is 2.39. The number of anilines is 2. The fourth-order valence-corrected chi connectivity index (χ4v) is 3.66. The molecular weight excluding hydrogens is 416 g/mol. The Morgan fingerprint density at radius 3 is 2.52 bits per heavy atom. The Balaban J connectivity index is 1.36. The lowest BCUT2D eigenvalue weighted by molar-refractivity contribution is -0.384. The minimum atomic E-state index is -0.511. The minimum absolute atomic E-state index is 0.0510. The van der Waals surface area contributed by atoms with Gasteiger partial charge in [-0.05, 0) is 61.5 Å². The van der Waals surface area contributed by atoms with Crippen molar-refractivity contribution in [2.75, 3.05) is 23.3 Å². The van der Waals surface area contributed by atoms with E-state index in [1.807, 2.05) is 24.3 Å². The van der Waals surface area contributed by atoms with Gasteiger partial charge in [0.15, 0.2) is 10.9 Å². The molecule has 1 amide bonds. The molecule has 1 saturated heterocycles. The molecular formula is C22H20N4O4S. The Bertz CT molecular complexity index is 1120. The number of hydrogen-bond donors (Lipinski definition) is 2. The molecule has 0 radical (unpaired) electrons. The van der Waals surface area contributed by atoms with E-state index in [2.05, 4.69) is 15.5 Å². The van der Waals surface area contributed by atoms with Gasteiger partial charge in [0.25, 0.3) is 11.6 Å². The predicted octanol–water partition coefficient (Wildman–Crippen LogP) is 4.58. The van der Waals surface area contributed by atoms with E-state index in [9.17, 15) is 14.9 Å². The van der Waals surface area contributed by atoms with Gasteiger partial charge in [0.2, 0.25) is 0 Å². The summed E-state index contributed by atoms with van der Waals surface area (Å²) < 4.78 is 5.56. The van der Waals surface area contributed by atoms with Gasteiger partial charge in [-0.25, -0.2) is 0 Å². The first-order valence-electron chi connectivity index (χ1n) is 9.81. The van der Waals surface area contributed by atoms with Crippen molar-refractivity contribution in [3.63, 3.8) is 0 Å². The average Bonchev–Trinajstić information content (AvgIpc) is 3.47. The summed E-state index contributed by atoms with van der Waals surface area (Å²) in [4.78, 5) is 25.2. The number of furan rings is 1. The molecule has 0 saturated carbocycles. The Morgan fingerprint density at radius 2 is 1.81 bits per heavy atom.